The van der Waals surface area contributed by atoms with Crippen molar-refractivity contribution in [2.45, 2.75) is 68.5 Å². The average molecular weight is 240 g/mol. The van der Waals surface area contributed by atoms with Crippen LogP contribution in [0.5, 0.6) is 0 Å². The Bertz CT molecular complexity index is 98.4. The molecule has 0 amide bonds. The van der Waals surface area contributed by atoms with Gasteiger partial charge in [-0.25, -0.2) is 0 Å². The van der Waals surface area contributed by atoms with E-state index < -0.39 is 0 Å². The van der Waals surface area contributed by atoms with Crippen molar-refractivity contribution in [2.24, 2.45) is 5.73 Å². The molecule has 0 aromatic carbocycles. The third-order valence-corrected chi connectivity index (χ3v) is 0.577. The predicted octanol–water partition coefficient (Wildman–Crippen LogP) is 2.01. The average Bonchev–Trinajstić information content (AvgIpc) is 1.84. The van der Waals surface area contributed by atoms with Crippen molar-refractivity contribution in [3.8, 4) is 0 Å². The molecule has 0 rings (SSSR count). The van der Waals surface area contributed by atoms with Gasteiger partial charge in [0, 0.05) is 6.04 Å². The molecule has 0 radical (unpaired) electrons. The predicted molar refractivity (Wildman–Crippen MR) is 76.9 cm³/mol. The Morgan fingerprint density at radius 1 is 1.06 bits per heavy atom. The monoisotopic (exact) mass is 240 g/mol. The van der Waals surface area contributed by atoms with Gasteiger partial charge < -0.3 is 21.3 Å². The first-order chi connectivity index (χ1) is 5.73. The van der Waals surface area contributed by atoms with Crippen molar-refractivity contribution in [1.82, 2.24) is 5.32 Å². The fourth-order valence-corrected chi connectivity index (χ4v) is 0. The zero-order valence-electron chi connectivity index (χ0n) is 10.6. The van der Waals surface area contributed by atoms with Gasteiger partial charge in [0.05, 0.1) is 0 Å². The van der Waals surface area contributed by atoms with E-state index in [1.165, 1.54) is 13.8 Å². The van der Waals surface area contributed by atoms with E-state index in [9.17, 15) is 4.79 Å². The number of hydrogen-bond acceptors (Lipinski definition) is 3. The van der Waals surface area contributed by atoms with Crippen LogP contribution in [-0.2, 0) is 4.79 Å². The maximum atomic E-state index is 9.44. The second-order valence-corrected chi connectivity index (χ2v) is 3.60. The molecule has 16 heavy (non-hydrogen) atoms. The molecule has 0 bridgehead atoms. The van der Waals surface area contributed by atoms with E-state index in [0.29, 0.717) is 12.1 Å². The Hall–Kier alpha value is -0.450. The molecule has 0 aliphatic carbocycles. The number of carbonyl (C=O) groups excluding carboxylic acids is 1. The summed E-state index contributed by atoms with van der Waals surface area (Å²) < 4.78 is 0. The molecule has 0 saturated carbocycles. The highest BCUT2D eigenvalue weighted by Gasteiger charge is 1.76. The van der Waals surface area contributed by atoms with Crippen LogP contribution in [0.15, 0.2) is 0 Å². The normalized spacial score (nSPS) is 6.88. The first kappa shape index (κ1) is 36.1. The molecular formula is C12H36N2O2. The van der Waals surface area contributed by atoms with Gasteiger partial charge in [0.2, 0.25) is 0 Å². The highest BCUT2D eigenvalue weighted by molar-refractivity contribution is 5.72. The van der Waals surface area contributed by atoms with Gasteiger partial charge in [-0.3, -0.25) is 0 Å². The van der Waals surface area contributed by atoms with Crippen LogP contribution in [0.2, 0.25) is 0 Å². The van der Waals surface area contributed by atoms with Crippen molar-refractivity contribution in [2.75, 3.05) is 7.05 Å². The molecule has 0 atom stereocenters. The first-order valence-corrected chi connectivity index (χ1v) is 4.64. The number of Topliss-reactive ketones (excluding diaryl/α,β-unsaturated/α-hetero) is 1. The van der Waals surface area contributed by atoms with Gasteiger partial charge in [0.25, 0.3) is 0 Å². The Balaban J connectivity index is -0.0000000216. The molecule has 0 aliphatic heterocycles. The maximum absolute atomic E-state index is 9.44. The molecule has 106 valence electrons. The molecule has 0 aliphatic rings. The molecule has 5 N–H and O–H groups in total. The van der Waals surface area contributed by atoms with Gasteiger partial charge in [-0.1, -0.05) is 42.5 Å². The van der Waals surface area contributed by atoms with Crippen LogP contribution in [0, 0.1) is 0 Å². The van der Waals surface area contributed by atoms with Gasteiger partial charge in [-0.15, -0.1) is 0 Å². The summed E-state index contributed by atoms with van der Waals surface area (Å²) in [5, 5.41) is 3.03. The van der Waals surface area contributed by atoms with Crippen LogP contribution in [0.1, 0.15) is 56.4 Å². The van der Waals surface area contributed by atoms with Crippen LogP contribution in [0.3, 0.4) is 0 Å². The Kier molecular flexibility index (Phi) is 66.1. The molecule has 4 nitrogen and oxygen atoms in total. The van der Waals surface area contributed by atoms with E-state index in [0.717, 1.165) is 0 Å². The van der Waals surface area contributed by atoms with Crippen molar-refractivity contribution < 1.29 is 10.3 Å². The van der Waals surface area contributed by atoms with Crippen molar-refractivity contribution >= 4 is 5.78 Å². The van der Waals surface area contributed by atoms with E-state index in [2.05, 4.69) is 19.2 Å². The minimum absolute atomic E-state index is 0. The smallest absolute Gasteiger partial charge is 0.126 e. The van der Waals surface area contributed by atoms with Crippen LogP contribution in [0.25, 0.3) is 0 Å². The lowest BCUT2D eigenvalue weighted by Gasteiger charge is -1.95. The lowest BCUT2D eigenvalue weighted by atomic mass is 10.4. The van der Waals surface area contributed by atoms with Crippen LogP contribution in [-0.4, -0.2) is 30.4 Å². The van der Waals surface area contributed by atoms with E-state index in [1.54, 1.807) is 0 Å². The Labute approximate surface area is 103 Å². The summed E-state index contributed by atoms with van der Waals surface area (Å²) >= 11 is 0. The largest absolute Gasteiger partial charge is 0.412 e. The molecule has 0 aromatic rings. The van der Waals surface area contributed by atoms with Crippen molar-refractivity contribution in [3.63, 3.8) is 0 Å². The second-order valence-electron chi connectivity index (χ2n) is 3.60. The quantitative estimate of drug-likeness (QED) is 0.735. The van der Waals surface area contributed by atoms with Crippen LogP contribution >= 0.6 is 0 Å². The number of ketones is 1. The molecule has 0 fully saturated rings. The highest BCUT2D eigenvalue weighted by atomic mass is 16.1. The van der Waals surface area contributed by atoms with Crippen LogP contribution < -0.4 is 11.1 Å². The van der Waals surface area contributed by atoms with E-state index in [1.807, 2.05) is 20.9 Å². The molecule has 0 aromatic heterocycles. The maximum Gasteiger partial charge on any atom is 0.126 e. The third-order valence-electron chi connectivity index (χ3n) is 0.577. The fraction of sp³-hybridized carbons (Fsp3) is 0.917. The highest BCUT2D eigenvalue weighted by Crippen LogP contribution is 1.66. The SMILES string of the molecule is C.C.CC(C)=O.CC(C)N.CNC(C)C.O. The lowest BCUT2D eigenvalue weighted by molar-refractivity contribution is -0.114. The minimum Gasteiger partial charge on any atom is -0.412 e. The number of hydrogen-bond donors (Lipinski definition) is 2. The van der Waals surface area contributed by atoms with Gasteiger partial charge in [-0.2, -0.15) is 0 Å². The molecule has 0 unspecified atom stereocenters. The van der Waals surface area contributed by atoms with Crippen LogP contribution in [0.4, 0.5) is 0 Å². The second kappa shape index (κ2) is 29.3. The zero-order valence-corrected chi connectivity index (χ0v) is 10.6. The summed E-state index contributed by atoms with van der Waals surface area (Å²) in [5.74, 6) is 0.167. The molecule has 0 heterocycles. The Morgan fingerprint density at radius 3 is 1.12 bits per heavy atom. The van der Waals surface area contributed by atoms with E-state index in [4.69, 9.17) is 5.73 Å². The van der Waals surface area contributed by atoms with Gasteiger partial charge in [0.15, 0.2) is 0 Å². The third kappa shape index (κ3) is 888. The van der Waals surface area contributed by atoms with E-state index >= 15 is 0 Å². The molecular weight excluding hydrogens is 204 g/mol. The molecule has 0 spiro atoms. The summed E-state index contributed by atoms with van der Waals surface area (Å²) in [6, 6.07) is 0.968. The van der Waals surface area contributed by atoms with Gasteiger partial charge in [-0.05, 0) is 26.9 Å². The van der Waals surface area contributed by atoms with Gasteiger partial charge in [0.1, 0.15) is 5.78 Å². The summed E-state index contributed by atoms with van der Waals surface area (Å²) in [6.45, 7) is 11.2. The number of nitrogens with one attached hydrogen (secondary N) is 1. The lowest BCUT2D eigenvalue weighted by Crippen LogP contribution is -2.15. The molecule has 0 saturated heterocycles. The fourth-order valence-electron chi connectivity index (χ4n) is 0. The Morgan fingerprint density at radius 2 is 1.12 bits per heavy atom. The van der Waals surface area contributed by atoms with Crippen molar-refractivity contribution in [3.05, 3.63) is 0 Å². The first-order valence-electron chi connectivity index (χ1n) is 4.64. The summed E-state index contributed by atoms with van der Waals surface area (Å²) in [4.78, 5) is 9.44. The molecule has 4 heteroatoms. The number of rotatable bonds is 1. The summed E-state index contributed by atoms with van der Waals surface area (Å²) in [5.41, 5.74) is 5.11. The zero-order chi connectivity index (χ0) is 11.4. The van der Waals surface area contributed by atoms with Crippen molar-refractivity contribution in [1.29, 1.82) is 0 Å². The topological polar surface area (TPSA) is 86.6 Å². The standard InChI is InChI=1S/C4H11N.C3H9N.C3H6O.2CH4.H2O/c1-4(2)5-3;2*1-3(2)4;;;/h4-5H,1-3H3;3H,4H2,1-2H3;1-2H3;2*1H4;1H2. The van der Waals surface area contributed by atoms with Gasteiger partial charge >= 0.3 is 0 Å². The minimum atomic E-state index is 0. The number of carbonyl (C=O) groups is 1. The summed E-state index contributed by atoms with van der Waals surface area (Å²) in [7, 11) is 1.95. The number of nitrogens with two attached hydrogens (primary N) is 1. The summed E-state index contributed by atoms with van der Waals surface area (Å²) in [6.07, 6.45) is 0. The van der Waals surface area contributed by atoms with E-state index in [-0.39, 0.29) is 26.1 Å².